The summed E-state index contributed by atoms with van der Waals surface area (Å²) >= 11 is 1.32. The van der Waals surface area contributed by atoms with Crippen LogP contribution in [0.5, 0.6) is 5.75 Å². The first-order valence-electron chi connectivity index (χ1n) is 6.05. The van der Waals surface area contributed by atoms with Crippen molar-refractivity contribution in [3.63, 3.8) is 0 Å². The number of fused-ring (bicyclic) bond motifs is 1. The molecule has 3 aromatic rings. The maximum Gasteiger partial charge on any atom is 0.203 e. The van der Waals surface area contributed by atoms with Crippen molar-refractivity contribution in [2.45, 2.75) is 0 Å². The second-order valence-electron chi connectivity index (χ2n) is 4.32. The van der Waals surface area contributed by atoms with Gasteiger partial charge in [-0.1, -0.05) is 24.3 Å². The lowest BCUT2D eigenvalue weighted by molar-refractivity contribution is 0.104. The summed E-state index contributed by atoms with van der Waals surface area (Å²) in [6.45, 7) is 0. The lowest BCUT2D eigenvalue weighted by Gasteiger charge is -2.05. The fourth-order valence-electron chi connectivity index (χ4n) is 2.14. The number of carbonyl (C=O) groups is 1. The van der Waals surface area contributed by atoms with E-state index in [1.807, 2.05) is 0 Å². The van der Waals surface area contributed by atoms with Gasteiger partial charge in [-0.2, -0.15) is 0 Å². The van der Waals surface area contributed by atoms with Gasteiger partial charge in [0.15, 0.2) is 0 Å². The Bertz CT molecular complexity index is 792. The molecule has 0 aliphatic heterocycles. The quantitative estimate of drug-likeness (QED) is 0.672. The molecule has 0 radical (unpaired) electrons. The molecule has 1 heterocycles. The minimum Gasteiger partial charge on any atom is -0.496 e. The van der Waals surface area contributed by atoms with Gasteiger partial charge in [-0.15, -0.1) is 11.3 Å². The number of thiophene rings is 1. The average molecular weight is 286 g/mol. The third-order valence-corrected chi connectivity index (χ3v) is 4.06. The van der Waals surface area contributed by atoms with E-state index in [-0.39, 0.29) is 11.6 Å². The molecular formula is C16H11FO2S. The number of hydrogen-bond acceptors (Lipinski definition) is 3. The van der Waals surface area contributed by atoms with E-state index in [4.69, 9.17) is 4.74 Å². The summed E-state index contributed by atoms with van der Waals surface area (Å²) < 4.78 is 18.8. The molecule has 1 aromatic heterocycles. The monoisotopic (exact) mass is 286 g/mol. The van der Waals surface area contributed by atoms with E-state index in [0.717, 1.165) is 0 Å². The van der Waals surface area contributed by atoms with Gasteiger partial charge in [0.1, 0.15) is 11.6 Å². The summed E-state index contributed by atoms with van der Waals surface area (Å²) in [6.07, 6.45) is 0. The number of carbonyl (C=O) groups excluding carboxylic acids is 1. The third-order valence-electron chi connectivity index (χ3n) is 3.15. The maximum absolute atomic E-state index is 13.8. The molecule has 0 unspecified atom stereocenters. The van der Waals surface area contributed by atoms with Crippen molar-refractivity contribution < 1.29 is 13.9 Å². The van der Waals surface area contributed by atoms with Crippen LogP contribution in [0.15, 0.2) is 47.8 Å². The van der Waals surface area contributed by atoms with E-state index in [1.165, 1.54) is 23.5 Å². The standard InChI is InChI=1S/C16H11FO2S/c1-19-10-8-15(20-9-10)16(18)13-6-7-14(17)12-5-3-2-4-11(12)13/h2-9H,1H3. The zero-order valence-electron chi connectivity index (χ0n) is 10.7. The molecule has 0 spiro atoms. The Balaban J connectivity index is 2.14. The van der Waals surface area contributed by atoms with Crippen LogP contribution in [0.2, 0.25) is 0 Å². The van der Waals surface area contributed by atoms with E-state index >= 15 is 0 Å². The van der Waals surface area contributed by atoms with Crippen molar-refractivity contribution in [1.82, 2.24) is 0 Å². The summed E-state index contributed by atoms with van der Waals surface area (Å²) in [5.74, 6) is 0.222. The molecule has 0 saturated heterocycles. The molecule has 0 fully saturated rings. The summed E-state index contributed by atoms with van der Waals surface area (Å²) in [7, 11) is 1.56. The van der Waals surface area contributed by atoms with Crippen molar-refractivity contribution in [2.24, 2.45) is 0 Å². The number of ketones is 1. The zero-order chi connectivity index (χ0) is 14.1. The van der Waals surface area contributed by atoms with E-state index in [9.17, 15) is 9.18 Å². The highest BCUT2D eigenvalue weighted by molar-refractivity contribution is 7.12. The minimum atomic E-state index is -0.319. The highest BCUT2D eigenvalue weighted by atomic mass is 32.1. The lowest BCUT2D eigenvalue weighted by atomic mass is 10.0. The Morgan fingerprint density at radius 3 is 2.60 bits per heavy atom. The Labute approximate surface area is 119 Å². The first-order chi connectivity index (χ1) is 9.70. The Morgan fingerprint density at radius 1 is 1.15 bits per heavy atom. The topological polar surface area (TPSA) is 26.3 Å². The molecule has 0 amide bonds. The van der Waals surface area contributed by atoms with Crippen LogP contribution in [-0.4, -0.2) is 12.9 Å². The van der Waals surface area contributed by atoms with Crippen LogP contribution in [0.1, 0.15) is 15.2 Å². The molecule has 20 heavy (non-hydrogen) atoms. The maximum atomic E-state index is 13.8. The first kappa shape index (κ1) is 12.8. The van der Waals surface area contributed by atoms with Crippen LogP contribution in [0.4, 0.5) is 4.39 Å². The highest BCUT2D eigenvalue weighted by Gasteiger charge is 2.16. The van der Waals surface area contributed by atoms with Gasteiger partial charge < -0.3 is 4.74 Å². The fraction of sp³-hybridized carbons (Fsp3) is 0.0625. The van der Waals surface area contributed by atoms with Crippen LogP contribution in [0.25, 0.3) is 10.8 Å². The largest absolute Gasteiger partial charge is 0.496 e. The smallest absolute Gasteiger partial charge is 0.203 e. The van der Waals surface area contributed by atoms with E-state index in [1.54, 1.807) is 42.8 Å². The van der Waals surface area contributed by atoms with Gasteiger partial charge in [-0.3, -0.25) is 4.79 Å². The molecule has 3 rings (SSSR count). The van der Waals surface area contributed by atoms with Crippen molar-refractivity contribution in [2.75, 3.05) is 7.11 Å². The van der Waals surface area contributed by atoms with Crippen LogP contribution >= 0.6 is 11.3 Å². The minimum absolute atomic E-state index is 0.116. The number of methoxy groups -OCH3 is 1. The molecule has 0 saturated carbocycles. The SMILES string of the molecule is COc1csc(C(=O)c2ccc(F)c3ccccc23)c1. The molecule has 2 aromatic carbocycles. The van der Waals surface area contributed by atoms with Gasteiger partial charge in [0.25, 0.3) is 0 Å². The molecule has 4 heteroatoms. The second-order valence-corrected chi connectivity index (χ2v) is 5.23. The van der Waals surface area contributed by atoms with Gasteiger partial charge in [0, 0.05) is 22.4 Å². The van der Waals surface area contributed by atoms with Crippen molar-refractivity contribution in [3.05, 3.63) is 64.1 Å². The van der Waals surface area contributed by atoms with Crippen molar-refractivity contribution >= 4 is 27.9 Å². The van der Waals surface area contributed by atoms with Gasteiger partial charge in [-0.05, 0) is 17.5 Å². The average Bonchev–Trinajstić information content (AvgIpc) is 2.96. The van der Waals surface area contributed by atoms with Crippen LogP contribution in [0, 0.1) is 5.82 Å². The lowest BCUT2D eigenvalue weighted by Crippen LogP contribution is -2.00. The molecule has 0 N–H and O–H groups in total. The van der Waals surface area contributed by atoms with Crippen molar-refractivity contribution in [3.8, 4) is 5.75 Å². The highest BCUT2D eigenvalue weighted by Crippen LogP contribution is 2.28. The Morgan fingerprint density at radius 2 is 1.90 bits per heavy atom. The number of benzene rings is 2. The summed E-state index contributed by atoms with van der Waals surface area (Å²) in [6, 6.07) is 11.6. The molecule has 2 nitrogen and oxygen atoms in total. The molecule has 0 aliphatic rings. The van der Waals surface area contributed by atoms with Crippen LogP contribution < -0.4 is 4.74 Å². The zero-order valence-corrected chi connectivity index (χ0v) is 11.5. The first-order valence-corrected chi connectivity index (χ1v) is 6.93. The van der Waals surface area contributed by atoms with E-state index in [2.05, 4.69) is 0 Å². The Kier molecular flexibility index (Phi) is 3.24. The molecule has 0 aliphatic carbocycles. The second kappa shape index (κ2) is 5.06. The van der Waals surface area contributed by atoms with E-state index in [0.29, 0.717) is 27.0 Å². The number of hydrogen-bond donors (Lipinski definition) is 0. The van der Waals surface area contributed by atoms with Gasteiger partial charge >= 0.3 is 0 Å². The normalized spacial score (nSPS) is 10.7. The van der Waals surface area contributed by atoms with Gasteiger partial charge in [0.2, 0.25) is 5.78 Å². The molecule has 0 atom stereocenters. The summed E-state index contributed by atoms with van der Waals surface area (Å²) in [5, 5.41) is 2.87. The third kappa shape index (κ3) is 2.08. The molecule has 0 bridgehead atoms. The number of rotatable bonds is 3. The van der Waals surface area contributed by atoms with E-state index < -0.39 is 0 Å². The predicted molar refractivity (Wildman–Crippen MR) is 78.2 cm³/mol. The predicted octanol–water partition coefficient (Wildman–Crippen LogP) is 4.28. The summed E-state index contributed by atoms with van der Waals surface area (Å²) in [4.78, 5) is 13.1. The number of ether oxygens (including phenoxy) is 1. The summed E-state index contributed by atoms with van der Waals surface area (Å²) in [5.41, 5.74) is 0.506. The molecule has 100 valence electrons. The number of halogens is 1. The van der Waals surface area contributed by atoms with Gasteiger partial charge in [-0.25, -0.2) is 4.39 Å². The molecular weight excluding hydrogens is 275 g/mol. The van der Waals surface area contributed by atoms with Crippen LogP contribution in [0.3, 0.4) is 0 Å². The van der Waals surface area contributed by atoms with Crippen molar-refractivity contribution in [1.29, 1.82) is 0 Å². The van der Waals surface area contributed by atoms with Gasteiger partial charge in [0.05, 0.1) is 12.0 Å². The van der Waals surface area contributed by atoms with Crippen LogP contribution in [-0.2, 0) is 0 Å². The fourth-order valence-corrected chi connectivity index (χ4v) is 2.95. The Hall–Kier alpha value is -2.20.